The van der Waals surface area contributed by atoms with Gasteiger partial charge in [-0.3, -0.25) is 9.59 Å². The molecule has 0 radical (unpaired) electrons. The Morgan fingerprint density at radius 3 is 1.93 bits per heavy atom. The molecule has 0 fully saturated rings. The highest BCUT2D eigenvalue weighted by molar-refractivity contribution is 5.95. The van der Waals surface area contributed by atoms with Crippen molar-refractivity contribution in [3.63, 3.8) is 0 Å². The molecule has 2 rings (SSSR count). The minimum atomic E-state index is -0.101. The fourth-order valence-electron chi connectivity index (χ4n) is 3.38. The van der Waals surface area contributed by atoms with Crippen LogP contribution in [-0.4, -0.2) is 31.4 Å². The molecule has 2 aromatic carbocycles. The van der Waals surface area contributed by atoms with E-state index in [1.54, 1.807) is 4.90 Å². The van der Waals surface area contributed by atoms with Crippen LogP contribution in [0.25, 0.3) is 0 Å². The van der Waals surface area contributed by atoms with Gasteiger partial charge in [0.05, 0.1) is 0 Å². The molecule has 28 heavy (non-hydrogen) atoms. The van der Waals surface area contributed by atoms with Crippen LogP contribution < -0.4 is 15.1 Å². The molecular weight excluding hydrogens is 350 g/mol. The van der Waals surface area contributed by atoms with Crippen LogP contribution in [0.2, 0.25) is 0 Å². The summed E-state index contributed by atoms with van der Waals surface area (Å²) < 4.78 is 0. The van der Waals surface area contributed by atoms with Crippen molar-refractivity contribution in [2.24, 2.45) is 0 Å². The van der Waals surface area contributed by atoms with Crippen LogP contribution in [0.4, 0.5) is 17.1 Å². The minimum Gasteiger partial charge on any atom is -0.372 e. The van der Waals surface area contributed by atoms with E-state index in [2.05, 4.69) is 30.1 Å². The highest BCUT2D eigenvalue weighted by Gasteiger charge is 2.14. The number of hydrogen-bond donors (Lipinski definition) is 1. The van der Waals surface area contributed by atoms with Gasteiger partial charge >= 0.3 is 0 Å². The van der Waals surface area contributed by atoms with E-state index in [4.69, 9.17) is 0 Å². The summed E-state index contributed by atoms with van der Waals surface area (Å²) in [5.41, 5.74) is 4.94. The zero-order valence-corrected chi connectivity index (χ0v) is 17.6. The third-order valence-electron chi connectivity index (χ3n) is 4.74. The summed E-state index contributed by atoms with van der Waals surface area (Å²) in [6.07, 6.45) is 0.240. The van der Waals surface area contributed by atoms with Gasteiger partial charge in [0.1, 0.15) is 0 Å². The van der Waals surface area contributed by atoms with Crippen molar-refractivity contribution < 1.29 is 9.59 Å². The van der Waals surface area contributed by atoms with E-state index in [-0.39, 0.29) is 18.2 Å². The van der Waals surface area contributed by atoms with Crippen molar-refractivity contribution in [2.75, 3.05) is 34.8 Å². The Hall–Kier alpha value is -2.82. The van der Waals surface area contributed by atoms with Crippen LogP contribution in [-0.2, 0) is 9.59 Å². The summed E-state index contributed by atoms with van der Waals surface area (Å²) in [4.78, 5) is 28.4. The van der Waals surface area contributed by atoms with Gasteiger partial charge in [-0.2, -0.15) is 0 Å². The Kier molecular flexibility index (Phi) is 7.61. The molecule has 0 heterocycles. The number of aryl methyl sites for hydroxylation is 2. The van der Waals surface area contributed by atoms with E-state index in [0.717, 1.165) is 41.3 Å². The molecule has 0 spiro atoms. The van der Waals surface area contributed by atoms with Crippen LogP contribution in [0.1, 0.15) is 38.3 Å². The highest BCUT2D eigenvalue weighted by Crippen LogP contribution is 2.21. The number of benzene rings is 2. The third-order valence-corrected chi connectivity index (χ3v) is 4.74. The predicted molar refractivity (Wildman–Crippen MR) is 117 cm³/mol. The van der Waals surface area contributed by atoms with Gasteiger partial charge in [-0.05, 0) is 75.2 Å². The number of amides is 2. The van der Waals surface area contributed by atoms with Crippen molar-refractivity contribution in [1.29, 1.82) is 0 Å². The predicted octanol–water partition coefficient (Wildman–Crippen LogP) is 4.53. The van der Waals surface area contributed by atoms with Crippen molar-refractivity contribution in [3.8, 4) is 0 Å². The van der Waals surface area contributed by atoms with E-state index in [9.17, 15) is 9.59 Å². The second-order valence-electron chi connectivity index (χ2n) is 7.03. The first-order valence-corrected chi connectivity index (χ1v) is 9.85. The molecule has 0 unspecified atom stereocenters. The molecule has 2 aromatic rings. The van der Waals surface area contributed by atoms with Crippen LogP contribution in [0, 0.1) is 13.8 Å². The van der Waals surface area contributed by atoms with Gasteiger partial charge in [-0.25, -0.2) is 0 Å². The molecule has 0 aliphatic rings. The molecule has 2 amide bonds. The molecule has 0 saturated heterocycles. The van der Waals surface area contributed by atoms with Crippen molar-refractivity contribution in [1.82, 2.24) is 0 Å². The lowest BCUT2D eigenvalue weighted by molar-refractivity contribution is -0.117. The lowest BCUT2D eigenvalue weighted by atomic mass is 10.1. The normalized spacial score (nSPS) is 10.5. The highest BCUT2D eigenvalue weighted by atomic mass is 16.2. The van der Waals surface area contributed by atoms with Gasteiger partial charge < -0.3 is 15.1 Å². The minimum absolute atomic E-state index is 0.0743. The Bertz CT molecular complexity index is 791. The summed E-state index contributed by atoms with van der Waals surface area (Å²) in [5.74, 6) is -0.175. The fraction of sp³-hybridized carbons (Fsp3) is 0.391. The van der Waals surface area contributed by atoms with E-state index in [1.165, 1.54) is 6.92 Å². The van der Waals surface area contributed by atoms with Gasteiger partial charge in [0, 0.05) is 50.0 Å². The first kappa shape index (κ1) is 21.5. The Morgan fingerprint density at radius 1 is 0.893 bits per heavy atom. The lowest BCUT2D eigenvalue weighted by Gasteiger charge is -2.24. The van der Waals surface area contributed by atoms with Crippen LogP contribution in [0.3, 0.4) is 0 Å². The molecule has 5 nitrogen and oxygen atoms in total. The van der Waals surface area contributed by atoms with Crippen molar-refractivity contribution in [3.05, 3.63) is 53.6 Å². The summed E-state index contributed by atoms with van der Waals surface area (Å²) in [5, 5.41) is 2.93. The smallest absolute Gasteiger partial charge is 0.226 e. The topological polar surface area (TPSA) is 52.6 Å². The number of hydrogen-bond acceptors (Lipinski definition) is 3. The second kappa shape index (κ2) is 9.93. The molecule has 0 bridgehead atoms. The molecule has 0 atom stereocenters. The SMILES string of the molecule is CCN(CC)c1ccc(N(CCC(=O)Nc2cc(C)cc(C)c2)C(C)=O)cc1. The molecule has 5 heteroatoms. The lowest BCUT2D eigenvalue weighted by Crippen LogP contribution is -2.32. The van der Waals surface area contributed by atoms with Gasteiger partial charge in [-0.1, -0.05) is 6.07 Å². The molecule has 0 aliphatic heterocycles. The summed E-state index contributed by atoms with van der Waals surface area (Å²) in [6.45, 7) is 12.0. The van der Waals surface area contributed by atoms with E-state index >= 15 is 0 Å². The number of carbonyl (C=O) groups is 2. The monoisotopic (exact) mass is 381 g/mol. The first-order valence-electron chi connectivity index (χ1n) is 9.85. The van der Waals surface area contributed by atoms with E-state index in [0.29, 0.717) is 6.54 Å². The molecule has 0 aromatic heterocycles. The third kappa shape index (κ3) is 5.84. The van der Waals surface area contributed by atoms with E-state index < -0.39 is 0 Å². The summed E-state index contributed by atoms with van der Waals surface area (Å²) in [6, 6.07) is 13.9. The van der Waals surface area contributed by atoms with E-state index in [1.807, 2.05) is 50.2 Å². The van der Waals surface area contributed by atoms with Crippen LogP contribution in [0.5, 0.6) is 0 Å². The molecule has 1 N–H and O–H groups in total. The quantitative estimate of drug-likeness (QED) is 0.731. The van der Waals surface area contributed by atoms with Gasteiger partial charge in [-0.15, -0.1) is 0 Å². The van der Waals surface area contributed by atoms with Crippen LogP contribution in [0.15, 0.2) is 42.5 Å². The number of nitrogens with one attached hydrogen (secondary N) is 1. The second-order valence-corrected chi connectivity index (χ2v) is 7.03. The summed E-state index contributed by atoms with van der Waals surface area (Å²) in [7, 11) is 0. The van der Waals surface area contributed by atoms with Gasteiger partial charge in [0.25, 0.3) is 0 Å². The van der Waals surface area contributed by atoms with Gasteiger partial charge in [0.15, 0.2) is 0 Å². The number of rotatable bonds is 8. The van der Waals surface area contributed by atoms with Gasteiger partial charge in [0.2, 0.25) is 11.8 Å². The maximum absolute atomic E-state index is 12.4. The maximum atomic E-state index is 12.4. The zero-order valence-electron chi connectivity index (χ0n) is 17.6. The number of nitrogens with zero attached hydrogens (tertiary/aromatic N) is 2. The average molecular weight is 382 g/mol. The zero-order chi connectivity index (χ0) is 20.7. The number of anilines is 3. The molecule has 150 valence electrons. The maximum Gasteiger partial charge on any atom is 0.226 e. The largest absolute Gasteiger partial charge is 0.372 e. The fourth-order valence-corrected chi connectivity index (χ4v) is 3.38. The first-order chi connectivity index (χ1) is 13.3. The molecule has 0 aliphatic carbocycles. The van der Waals surface area contributed by atoms with Crippen LogP contribution >= 0.6 is 0 Å². The number of carbonyl (C=O) groups excluding carboxylic acids is 2. The van der Waals surface area contributed by atoms with Crippen molar-refractivity contribution in [2.45, 2.75) is 41.0 Å². The molecular formula is C23H31N3O2. The summed E-state index contributed by atoms with van der Waals surface area (Å²) >= 11 is 0. The van der Waals surface area contributed by atoms with Crippen molar-refractivity contribution >= 4 is 28.9 Å². The Morgan fingerprint density at radius 2 is 1.43 bits per heavy atom. The standard InChI is InChI=1S/C23H31N3O2/c1-6-25(7-2)21-8-10-22(11-9-21)26(19(5)27)13-12-23(28)24-20-15-17(3)14-18(4)16-20/h8-11,14-16H,6-7,12-13H2,1-5H3,(H,24,28). The molecule has 0 saturated carbocycles. The average Bonchev–Trinajstić information content (AvgIpc) is 2.63. The Labute approximate surface area is 168 Å². The Balaban J connectivity index is 2.02.